The van der Waals surface area contributed by atoms with Gasteiger partial charge in [0.25, 0.3) is 11.8 Å². The molecule has 25 heavy (non-hydrogen) atoms. The van der Waals surface area contributed by atoms with Gasteiger partial charge < -0.3 is 10.6 Å². The number of carbonyl (C=O) groups is 4. The first-order valence-electron chi connectivity index (χ1n) is 8.32. The van der Waals surface area contributed by atoms with Crippen LogP contribution in [0.4, 0.5) is 4.79 Å². The van der Waals surface area contributed by atoms with E-state index in [9.17, 15) is 19.2 Å². The van der Waals surface area contributed by atoms with Crippen LogP contribution in [0.15, 0.2) is 24.3 Å². The molecule has 2 heterocycles. The van der Waals surface area contributed by atoms with E-state index < -0.39 is 6.03 Å². The molecule has 1 aromatic rings. The summed E-state index contributed by atoms with van der Waals surface area (Å²) in [7, 11) is 0. The van der Waals surface area contributed by atoms with E-state index in [1.54, 1.807) is 24.3 Å². The molecule has 0 aromatic heterocycles. The summed E-state index contributed by atoms with van der Waals surface area (Å²) in [4.78, 5) is 49.2. The van der Waals surface area contributed by atoms with Crippen molar-refractivity contribution < 1.29 is 19.2 Å². The summed E-state index contributed by atoms with van der Waals surface area (Å²) >= 11 is 0. The maximum Gasteiger partial charge on any atom is 0.321 e. The zero-order valence-electron chi connectivity index (χ0n) is 13.7. The fourth-order valence-electron chi connectivity index (χ4n) is 3.07. The fourth-order valence-corrected chi connectivity index (χ4v) is 3.07. The minimum atomic E-state index is -0.611. The highest BCUT2D eigenvalue weighted by molar-refractivity contribution is 6.21. The van der Waals surface area contributed by atoms with Gasteiger partial charge in [-0.25, -0.2) is 4.79 Å². The van der Waals surface area contributed by atoms with Crippen LogP contribution in [0.5, 0.6) is 0 Å². The van der Waals surface area contributed by atoms with E-state index in [0.717, 1.165) is 18.0 Å². The number of nitrogens with one attached hydrogen (secondary N) is 3. The van der Waals surface area contributed by atoms with E-state index in [-0.39, 0.29) is 36.7 Å². The molecule has 0 unspecified atom stereocenters. The van der Waals surface area contributed by atoms with E-state index in [2.05, 4.69) is 16.0 Å². The van der Waals surface area contributed by atoms with Crippen molar-refractivity contribution >= 4 is 23.8 Å². The normalized spacial score (nSPS) is 17.4. The highest BCUT2D eigenvalue weighted by Crippen LogP contribution is 2.21. The molecule has 1 aromatic carbocycles. The van der Waals surface area contributed by atoms with Crippen molar-refractivity contribution in [1.82, 2.24) is 20.9 Å². The smallest absolute Gasteiger partial charge is 0.321 e. The Kier molecular flexibility index (Phi) is 5.08. The SMILES string of the molecule is O=C(NCCN1C(=O)c2ccccc2C1=O)NC(=O)C1CCNCC1. The number of nitrogens with zero attached hydrogens (tertiary/aromatic N) is 1. The van der Waals surface area contributed by atoms with E-state index in [0.29, 0.717) is 24.0 Å². The first-order chi connectivity index (χ1) is 12.1. The zero-order valence-corrected chi connectivity index (χ0v) is 13.7. The van der Waals surface area contributed by atoms with Crippen molar-refractivity contribution in [2.24, 2.45) is 5.92 Å². The first kappa shape index (κ1) is 17.1. The zero-order chi connectivity index (χ0) is 17.8. The summed E-state index contributed by atoms with van der Waals surface area (Å²) in [6.07, 6.45) is 1.41. The van der Waals surface area contributed by atoms with Crippen LogP contribution in [0.2, 0.25) is 0 Å². The molecule has 0 radical (unpaired) electrons. The molecule has 8 nitrogen and oxygen atoms in total. The van der Waals surface area contributed by atoms with E-state index in [1.165, 1.54) is 0 Å². The number of fused-ring (bicyclic) bond motifs is 1. The minimum Gasteiger partial charge on any atom is -0.336 e. The molecule has 2 aliphatic heterocycles. The van der Waals surface area contributed by atoms with Gasteiger partial charge in [0.2, 0.25) is 5.91 Å². The number of carbonyl (C=O) groups excluding carboxylic acids is 4. The number of urea groups is 1. The minimum absolute atomic E-state index is 0.0569. The number of hydrogen-bond acceptors (Lipinski definition) is 5. The van der Waals surface area contributed by atoms with Crippen LogP contribution in [0.3, 0.4) is 0 Å². The summed E-state index contributed by atoms with van der Waals surface area (Å²) in [6.45, 7) is 1.66. The topological polar surface area (TPSA) is 108 Å². The van der Waals surface area contributed by atoms with E-state index in [1.807, 2.05) is 0 Å². The lowest BCUT2D eigenvalue weighted by molar-refractivity contribution is -0.124. The van der Waals surface area contributed by atoms with Gasteiger partial charge in [-0.05, 0) is 38.1 Å². The Morgan fingerprint density at radius 1 is 1.08 bits per heavy atom. The quantitative estimate of drug-likeness (QED) is 0.672. The van der Waals surface area contributed by atoms with Crippen molar-refractivity contribution in [2.45, 2.75) is 12.8 Å². The van der Waals surface area contributed by atoms with Gasteiger partial charge in [-0.2, -0.15) is 0 Å². The average molecular weight is 344 g/mol. The largest absolute Gasteiger partial charge is 0.336 e. The number of rotatable bonds is 4. The third kappa shape index (κ3) is 3.69. The second-order valence-electron chi connectivity index (χ2n) is 6.08. The average Bonchev–Trinajstić information content (AvgIpc) is 2.87. The molecule has 5 amide bonds. The Hall–Kier alpha value is -2.74. The number of piperidine rings is 1. The molecular formula is C17H20N4O4. The van der Waals surface area contributed by atoms with Crippen molar-refractivity contribution in [2.75, 3.05) is 26.2 Å². The molecule has 0 aliphatic carbocycles. The monoisotopic (exact) mass is 344 g/mol. The molecular weight excluding hydrogens is 324 g/mol. The van der Waals surface area contributed by atoms with Crippen LogP contribution < -0.4 is 16.0 Å². The van der Waals surface area contributed by atoms with Gasteiger partial charge in [0.15, 0.2) is 0 Å². The highest BCUT2D eigenvalue weighted by atomic mass is 16.2. The van der Waals surface area contributed by atoms with Crippen LogP contribution in [0.1, 0.15) is 33.6 Å². The van der Waals surface area contributed by atoms with Gasteiger partial charge in [0, 0.05) is 19.0 Å². The van der Waals surface area contributed by atoms with Gasteiger partial charge in [0.1, 0.15) is 0 Å². The number of imide groups is 2. The van der Waals surface area contributed by atoms with Crippen molar-refractivity contribution in [3.05, 3.63) is 35.4 Å². The molecule has 2 aliphatic rings. The Morgan fingerprint density at radius 3 is 2.28 bits per heavy atom. The van der Waals surface area contributed by atoms with Crippen molar-refractivity contribution in [3.63, 3.8) is 0 Å². The van der Waals surface area contributed by atoms with E-state index >= 15 is 0 Å². The third-order valence-corrected chi connectivity index (χ3v) is 4.45. The molecule has 3 rings (SSSR count). The summed E-state index contributed by atoms with van der Waals surface area (Å²) in [5, 5.41) is 7.98. The predicted molar refractivity (Wildman–Crippen MR) is 88.9 cm³/mol. The molecule has 0 saturated carbocycles. The van der Waals surface area contributed by atoms with Gasteiger partial charge in [-0.1, -0.05) is 12.1 Å². The highest BCUT2D eigenvalue weighted by Gasteiger charge is 2.34. The lowest BCUT2D eigenvalue weighted by Crippen LogP contribution is -2.47. The molecule has 0 bridgehead atoms. The fraction of sp³-hybridized carbons (Fsp3) is 0.412. The molecule has 8 heteroatoms. The molecule has 132 valence electrons. The summed E-state index contributed by atoms with van der Waals surface area (Å²) in [6, 6.07) is 6.00. The van der Waals surface area contributed by atoms with Crippen LogP contribution in [-0.2, 0) is 4.79 Å². The van der Waals surface area contributed by atoms with Gasteiger partial charge >= 0.3 is 6.03 Å². The maximum absolute atomic E-state index is 12.2. The Morgan fingerprint density at radius 2 is 1.68 bits per heavy atom. The third-order valence-electron chi connectivity index (χ3n) is 4.45. The second kappa shape index (κ2) is 7.43. The van der Waals surface area contributed by atoms with E-state index in [4.69, 9.17) is 0 Å². The second-order valence-corrected chi connectivity index (χ2v) is 6.08. The van der Waals surface area contributed by atoms with Crippen molar-refractivity contribution in [1.29, 1.82) is 0 Å². The predicted octanol–water partition coefficient (Wildman–Crippen LogP) is 0.108. The maximum atomic E-state index is 12.2. The number of amides is 5. The molecule has 3 N–H and O–H groups in total. The lowest BCUT2D eigenvalue weighted by Gasteiger charge is -2.21. The first-order valence-corrected chi connectivity index (χ1v) is 8.32. The summed E-state index contributed by atoms with van der Waals surface area (Å²) < 4.78 is 0. The Balaban J connectivity index is 1.45. The Bertz CT molecular complexity index is 677. The summed E-state index contributed by atoms with van der Waals surface area (Å²) in [5.74, 6) is -1.19. The summed E-state index contributed by atoms with van der Waals surface area (Å²) in [5.41, 5.74) is 0.746. The van der Waals surface area contributed by atoms with Crippen LogP contribution in [0, 0.1) is 5.92 Å². The molecule has 0 spiro atoms. The van der Waals surface area contributed by atoms with Crippen molar-refractivity contribution in [3.8, 4) is 0 Å². The molecule has 1 saturated heterocycles. The van der Waals surface area contributed by atoms with Crippen LogP contribution in [-0.4, -0.2) is 54.8 Å². The van der Waals surface area contributed by atoms with Gasteiger partial charge in [0.05, 0.1) is 11.1 Å². The number of benzene rings is 1. The number of hydrogen-bond donors (Lipinski definition) is 3. The molecule has 0 atom stereocenters. The Labute approximate surface area is 144 Å². The lowest BCUT2D eigenvalue weighted by atomic mass is 9.97. The molecule has 1 fully saturated rings. The van der Waals surface area contributed by atoms with Crippen LogP contribution >= 0.6 is 0 Å². The standard InChI is InChI=1S/C17H20N4O4/c22-14(11-5-7-18-8-6-11)20-17(25)19-9-10-21-15(23)12-3-1-2-4-13(12)16(21)24/h1-4,11,18H,5-10H2,(H2,19,20,22,25). The van der Waals surface area contributed by atoms with Crippen LogP contribution in [0.25, 0.3) is 0 Å². The van der Waals surface area contributed by atoms with Gasteiger partial charge in [-0.3, -0.25) is 24.6 Å². The van der Waals surface area contributed by atoms with Gasteiger partial charge in [-0.15, -0.1) is 0 Å².